The lowest BCUT2D eigenvalue weighted by Crippen LogP contribution is -2.32. The lowest BCUT2D eigenvalue weighted by molar-refractivity contribution is -0.129. The minimum Gasteiger partial charge on any atom is -0.459 e. The molecule has 6 heteroatoms. The van der Waals surface area contributed by atoms with Crippen molar-refractivity contribution in [3.8, 4) is 0 Å². The second-order valence-corrected chi connectivity index (χ2v) is 6.50. The summed E-state index contributed by atoms with van der Waals surface area (Å²) < 4.78 is 5.70. The van der Waals surface area contributed by atoms with E-state index in [1.165, 1.54) is 0 Å². The van der Waals surface area contributed by atoms with Crippen molar-refractivity contribution in [2.75, 3.05) is 6.54 Å². The summed E-state index contributed by atoms with van der Waals surface area (Å²) in [5.74, 6) is 0.255. The number of aromatic nitrogens is 1. The van der Waals surface area contributed by atoms with Crippen molar-refractivity contribution in [3.05, 3.63) is 66.2 Å². The molecule has 1 fully saturated rings. The highest BCUT2D eigenvalue weighted by Gasteiger charge is 2.34. The van der Waals surface area contributed by atoms with Gasteiger partial charge in [-0.3, -0.25) is 14.6 Å². The van der Waals surface area contributed by atoms with Gasteiger partial charge in [-0.1, -0.05) is 24.3 Å². The fourth-order valence-electron chi connectivity index (χ4n) is 3.26. The zero-order valence-corrected chi connectivity index (χ0v) is 14.2. The Hall–Kier alpha value is -3.15. The fourth-order valence-corrected chi connectivity index (χ4v) is 3.26. The van der Waals surface area contributed by atoms with E-state index in [4.69, 9.17) is 4.42 Å². The fraction of sp³-hybridized carbons (Fsp3) is 0.250. The maximum Gasteiger partial charge on any atom is 0.225 e. The van der Waals surface area contributed by atoms with Crippen LogP contribution in [0, 0.1) is 5.92 Å². The van der Waals surface area contributed by atoms with Crippen LogP contribution in [0.3, 0.4) is 0 Å². The quantitative estimate of drug-likeness (QED) is 0.768. The minimum absolute atomic E-state index is 0.00209. The molecule has 4 rings (SSSR count). The van der Waals surface area contributed by atoms with E-state index < -0.39 is 0 Å². The van der Waals surface area contributed by atoms with Gasteiger partial charge in [-0.25, -0.2) is 0 Å². The molecule has 1 N–H and O–H groups in total. The van der Waals surface area contributed by atoms with Crippen molar-refractivity contribution in [1.82, 2.24) is 15.2 Å². The number of furan rings is 1. The summed E-state index contributed by atoms with van der Waals surface area (Å²) >= 11 is 0. The first-order valence-corrected chi connectivity index (χ1v) is 8.61. The molecule has 0 saturated carbocycles. The number of amides is 2. The Bertz CT molecular complexity index is 903. The summed E-state index contributed by atoms with van der Waals surface area (Å²) in [7, 11) is 0. The molecule has 132 valence electrons. The number of rotatable bonds is 5. The van der Waals surface area contributed by atoms with Crippen molar-refractivity contribution < 1.29 is 14.0 Å². The summed E-state index contributed by atoms with van der Waals surface area (Å²) in [5.41, 5.74) is 1.76. The van der Waals surface area contributed by atoms with Crippen LogP contribution in [0.25, 0.3) is 11.0 Å². The van der Waals surface area contributed by atoms with Gasteiger partial charge in [0, 0.05) is 37.3 Å². The number of fused-ring (bicyclic) bond motifs is 1. The Morgan fingerprint density at radius 3 is 2.96 bits per heavy atom. The maximum absolute atomic E-state index is 12.4. The summed E-state index contributed by atoms with van der Waals surface area (Å²) in [5, 5.41) is 3.89. The van der Waals surface area contributed by atoms with Gasteiger partial charge in [-0.2, -0.15) is 0 Å². The number of nitrogens with one attached hydrogen (secondary N) is 1. The number of benzene rings is 1. The van der Waals surface area contributed by atoms with Crippen LogP contribution < -0.4 is 5.32 Å². The van der Waals surface area contributed by atoms with Crippen molar-refractivity contribution in [2.24, 2.45) is 5.92 Å². The normalized spacial score (nSPS) is 17.0. The van der Waals surface area contributed by atoms with Crippen molar-refractivity contribution in [3.63, 3.8) is 0 Å². The molecule has 3 heterocycles. The van der Waals surface area contributed by atoms with E-state index >= 15 is 0 Å². The summed E-state index contributed by atoms with van der Waals surface area (Å²) in [6.45, 7) is 1.24. The van der Waals surface area contributed by atoms with E-state index in [-0.39, 0.29) is 24.2 Å². The van der Waals surface area contributed by atoms with E-state index in [9.17, 15) is 9.59 Å². The highest BCUT2D eigenvalue weighted by Crippen LogP contribution is 2.21. The summed E-state index contributed by atoms with van der Waals surface area (Å²) in [4.78, 5) is 30.4. The summed E-state index contributed by atoms with van der Waals surface area (Å²) in [6.07, 6.45) is 3.68. The number of para-hydroxylation sites is 1. The Balaban J connectivity index is 1.34. The number of nitrogens with zero attached hydrogens (tertiary/aromatic N) is 2. The molecule has 0 unspecified atom stereocenters. The van der Waals surface area contributed by atoms with Gasteiger partial charge in [0.25, 0.3) is 0 Å². The van der Waals surface area contributed by atoms with Gasteiger partial charge in [0.1, 0.15) is 11.3 Å². The molecule has 1 aliphatic rings. The molecule has 6 nitrogen and oxygen atoms in total. The van der Waals surface area contributed by atoms with Gasteiger partial charge < -0.3 is 14.6 Å². The van der Waals surface area contributed by atoms with Gasteiger partial charge in [-0.15, -0.1) is 0 Å². The molecule has 3 aromatic rings. The topological polar surface area (TPSA) is 75.4 Å². The number of hydrogen-bond donors (Lipinski definition) is 1. The predicted molar refractivity (Wildman–Crippen MR) is 95.8 cm³/mol. The standard InChI is InChI=1S/C20H19N3O3/c24-19-9-16(13-23(19)12-14-4-3-7-21-10-14)20(25)22-11-17-8-15-5-1-2-6-18(15)26-17/h1-8,10,16H,9,11-13H2,(H,22,25)/t16-/m1/s1. The van der Waals surface area contributed by atoms with Gasteiger partial charge in [-0.05, 0) is 23.8 Å². The third-order valence-corrected chi connectivity index (χ3v) is 4.59. The molecule has 1 aliphatic heterocycles. The smallest absolute Gasteiger partial charge is 0.225 e. The van der Waals surface area contributed by atoms with E-state index in [2.05, 4.69) is 10.3 Å². The van der Waals surface area contributed by atoms with Crippen LogP contribution in [0.1, 0.15) is 17.7 Å². The first-order valence-electron chi connectivity index (χ1n) is 8.61. The molecule has 1 aromatic carbocycles. The largest absolute Gasteiger partial charge is 0.459 e. The molecule has 1 saturated heterocycles. The van der Waals surface area contributed by atoms with Gasteiger partial charge in [0.15, 0.2) is 0 Å². The zero-order chi connectivity index (χ0) is 17.9. The van der Waals surface area contributed by atoms with Crippen molar-refractivity contribution in [1.29, 1.82) is 0 Å². The average molecular weight is 349 g/mol. The van der Waals surface area contributed by atoms with Crippen LogP contribution in [0.15, 0.2) is 59.3 Å². The Morgan fingerprint density at radius 2 is 2.15 bits per heavy atom. The second kappa shape index (κ2) is 7.00. The van der Waals surface area contributed by atoms with Crippen molar-refractivity contribution in [2.45, 2.75) is 19.5 Å². The minimum atomic E-state index is -0.330. The Kier molecular flexibility index (Phi) is 4.39. The Labute approximate surface area is 150 Å². The van der Waals surface area contributed by atoms with Crippen LogP contribution in [0.5, 0.6) is 0 Å². The first kappa shape index (κ1) is 16.3. The zero-order valence-electron chi connectivity index (χ0n) is 14.2. The lowest BCUT2D eigenvalue weighted by Gasteiger charge is -2.16. The molecule has 2 aromatic heterocycles. The first-order chi connectivity index (χ1) is 12.7. The van der Waals surface area contributed by atoms with Crippen LogP contribution in [-0.2, 0) is 22.7 Å². The Morgan fingerprint density at radius 1 is 1.27 bits per heavy atom. The molecule has 0 spiro atoms. The van der Waals surface area contributed by atoms with E-state index in [1.807, 2.05) is 42.5 Å². The molecule has 26 heavy (non-hydrogen) atoms. The predicted octanol–water partition coefficient (Wildman–Crippen LogP) is 2.49. The molecular formula is C20H19N3O3. The highest BCUT2D eigenvalue weighted by molar-refractivity contribution is 5.89. The number of pyridine rings is 1. The second-order valence-electron chi connectivity index (χ2n) is 6.50. The number of hydrogen-bond acceptors (Lipinski definition) is 4. The number of likely N-dealkylation sites (tertiary alicyclic amines) is 1. The third kappa shape index (κ3) is 3.44. The maximum atomic E-state index is 12.4. The van der Waals surface area contributed by atoms with Crippen molar-refractivity contribution >= 4 is 22.8 Å². The lowest BCUT2D eigenvalue weighted by atomic mass is 10.1. The van der Waals surface area contributed by atoms with Gasteiger partial charge in [0.2, 0.25) is 11.8 Å². The number of carbonyl (C=O) groups is 2. The third-order valence-electron chi connectivity index (χ3n) is 4.59. The molecule has 1 atom stereocenters. The number of carbonyl (C=O) groups excluding carboxylic acids is 2. The monoisotopic (exact) mass is 349 g/mol. The van der Waals surface area contributed by atoms with E-state index in [1.54, 1.807) is 17.3 Å². The SMILES string of the molecule is O=C(NCc1cc2ccccc2o1)[C@@H]1CC(=O)N(Cc2cccnc2)C1. The highest BCUT2D eigenvalue weighted by atomic mass is 16.3. The van der Waals surface area contributed by atoms with Crippen LogP contribution in [0.2, 0.25) is 0 Å². The molecule has 2 amide bonds. The van der Waals surface area contributed by atoms with Crippen LogP contribution in [-0.4, -0.2) is 28.2 Å². The molecule has 0 radical (unpaired) electrons. The molecular weight excluding hydrogens is 330 g/mol. The van der Waals surface area contributed by atoms with Gasteiger partial charge >= 0.3 is 0 Å². The van der Waals surface area contributed by atoms with Crippen LogP contribution >= 0.6 is 0 Å². The van der Waals surface area contributed by atoms with Gasteiger partial charge in [0.05, 0.1) is 12.5 Å². The molecule has 0 bridgehead atoms. The molecule has 0 aliphatic carbocycles. The van der Waals surface area contributed by atoms with E-state index in [0.717, 1.165) is 16.5 Å². The van der Waals surface area contributed by atoms with E-state index in [0.29, 0.717) is 25.4 Å². The average Bonchev–Trinajstić information content (AvgIpc) is 3.24. The van der Waals surface area contributed by atoms with Crippen LogP contribution in [0.4, 0.5) is 0 Å². The summed E-state index contributed by atoms with van der Waals surface area (Å²) in [6, 6.07) is 13.4.